The summed E-state index contributed by atoms with van der Waals surface area (Å²) >= 11 is 1.08. The van der Waals surface area contributed by atoms with Crippen LogP contribution in [0.2, 0.25) is 0 Å². The molecule has 1 atom stereocenters. The van der Waals surface area contributed by atoms with Crippen molar-refractivity contribution in [1.82, 2.24) is 4.57 Å². The van der Waals surface area contributed by atoms with Gasteiger partial charge in [-0.05, 0) is 36.3 Å². The van der Waals surface area contributed by atoms with Crippen molar-refractivity contribution in [3.8, 4) is 11.5 Å². The molecule has 200 valence electrons. The lowest BCUT2D eigenvalue weighted by atomic mass is 9.95. The van der Waals surface area contributed by atoms with Gasteiger partial charge in [0.1, 0.15) is 6.61 Å². The summed E-state index contributed by atoms with van der Waals surface area (Å²) in [5.74, 6) is -0.838. The minimum absolute atomic E-state index is 0.0474. The highest BCUT2D eigenvalue weighted by atomic mass is 32.1. The largest absolute Gasteiger partial charge is 0.493 e. The van der Waals surface area contributed by atoms with Crippen LogP contribution < -0.4 is 24.4 Å². The maximum atomic E-state index is 13.7. The zero-order chi connectivity index (χ0) is 28.3. The topological polar surface area (TPSA) is 139 Å². The number of hydrogen-bond acceptors (Lipinski definition) is 10. The van der Waals surface area contributed by atoms with Gasteiger partial charge >= 0.3 is 11.9 Å². The Kier molecular flexibility index (Phi) is 7.86. The number of allylic oxidation sites excluding steroid dienone is 1. The number of aromatic nitrogens is 1. The minimum Gasteiger partial charge on any atom is -0.493 e. The Balaban J connectivity index is 1.94. The summed E-state index contributed by atoms with van der Waals surface area (Å²) < 4.78 is 17.6. The highest BCUT2D eigenvalue weighted by molar-refractivity contribution is 7.07. The van der Waals surface area contributed by atoms with Crippen molar-refractivity contribution in [2.45, 2.75) is 19.9 Å². The number of esters is 2. The number of nitrogens with zero attached hydrogens (tertiary/aromatic N) is 3. The molecule has 2 aromatic carbocycles. The van der Waals surface area contributed by atoms with Gasteiger partial charge in [-0.25, -0.2) is 9.79 Å². The highest BCUT2D eigenvalue weighted by Gasteiger charge is 2.34. The van der Waals surface area contributed by atoms with Crippen molar-refractivity contribution in [2.75, 3.05) is 13.7 Å². The minimum atomic E-state index is -0.953. The number of ether oxygens (including phenoxy) is 3. The predicted octanol–water partition coefficient (Wildman–Crippen LogP) is 2.81. The Labute approximate surface area is 225 Å². The van der Waals surface area contributed by atoms with E-state index in [0.29, 0.717) is 21.6 Å². The molecule has 1 aliphatic rings. The molecule has 0 amide bonds. The zero-order valence-electron chi connectivity index (χ0n) is 21.2. The number of methoxy groups -OCH3 is 1. The van der Waals surface area contributed by atoms with Gasteiger partial charge in [0.05, 0.1) is 33.9 Å². The van der Waals surface area contributed by atoms with E-state index in [9.17, 15) is 24.5 Å². The lowest BCUT2D eigenvalue weighted by Crippen LogP contribution is -2.40. The van der Waals surface area contributed by atoms with E-state index >= 15 is 0 Å². The van der Waals surface area contributed by atoms with Crippen molar-refractivity contribution in [2.24, 2.45) is 4.99 Å². The first-order valence-corrected chi connectivity index (χ1v) is 12.4. The molecule has 11 nitrogen and oxygen atoms in total. The number of fused-ring (bicyclic) bond motifs is 1. The zero-order valence-corrected chi connectivity index (χ0v) is 22.0. The van der Waals surface area contributed by atoms with Crippen LogP contribution in [0, 0.1) is 10.1 Å². The Bertz CT molecular complexity index is 1720. The summed E-state index contributed by atoms with van der Waals surface area (Å²) in [6.45, 7) is 6.41. The van der Waals surface area contributed by atoms with Crippen LogP contribution in [0.3, 0.4) is 0 Å². The van der Waals surface area contributed by atoms with Gasteiger partial charge in [-0.1, -0.05) is 42.2 Å². The summed E-state index contributed by atoms with van der Waals surface area (Å²) in [7, 11) is 1.40. The molecule has 0 radical (unpaired) electrons. The van der Waals surface area contributed by atoms with Crippen LogP contribution in [0.1, 0.15) is 31.0 Å². The van der Waals surface area contributed by atoms with Gasteiger partial charge in [-0.15, -0.1) is 0 Å². The van der Waals surface area contributed by atoms with Gasteiger partial charge in [0.15, 0.2) is 16.3 Å². The summed E-state index contributed by atoms with van der Waals surface area (Å²) in [6.07, 6.45) is 2.96. The molecule has 0 fully saturated rings. The third-order valence-corrected chi connectivity index (χ3v) is 6.69. The summed E-state index contributed by atoms with van der Waals surface area (Å²) in [6, 6.07) is 9.63. The van der Waals surface area contributed by atoms with E-state index in [4.69, 9.17) is 14.2 Å². The summed E-state index contributed by atoms with van der Waals surface area (Å²) in [5.41, 5.74) is 0.844. The van der Waals surface area contributed by atoms with Crippen LogP contribution in [0.25, 0.3) is 6.08 Å². The Morgan fingerprint density at radius 2 is 2.00 bits per heavy atom. The number of nitro benzene ring substituents is 1. The quantitative estimate of drug-likeness (QED) is 0.137. The number of nitro groups is 1. The molecule has 0 bridgehead atoms. The molecule has 0 aliphatic carbocycles. The highest BCUT2D eigenvalue weighted by Crippen LogP contribution is 2.36. The van der Waals surface area contributed by atoms with Crippen molar-refractivity contribution < 1.29 is 28.7 Å². The number of benzene rings is 2. The average molecular weight is 550 g/mol. The average Bonchev–Trinajstić information content (AvgIpc) is 3.20. The normalized spacial score (nSPS) is 14.7. The van der Waals surface area contributed by atoms with Crippen LogP contribution in [0.5, 0.6) is 11.5 Å². The number of non-ortho nitro benzene ring substituents is 1. The Morgan fingerprint density at radius 1 is 1.23 bits per heavy atom. The molecular formula is C27H23N3O8S. The number of rotatable bonds is 8. The van der Waals surface area contributed by atoms with Crippen LogP contribution in [0.4, 0.5) is 5.69 Å². The molecule has 1 aromatic heterocycles. The first kappa shape index (κ1) is 27.2. The molecule has 0 saturated heterocycles. The van der Waals surface area contributed by atoms with Gasteiger partial charge in [0, 0.05) is 19.1 Å². The van der Waals surface area contributed by atoms with Crippen LogP contribution >= 0.6 is 11.3 Å². The van der Waals surface area contributed by atoms with Crippen LogP contribution in [-0.4, -0.2) is 35.1 Å². The molecule has 4 rings (SSSR count). The third kappa shape index (κ3) is 5.55. The number of hydrogen-bond donors (Lipinski definition) is 0. The molecule has 0 N–H and O–H groups in total. The molecule has 0 spiro atoms. The van der Waals surface area contributed by atoms with Crippen molar-refractivity contribution in [3.05, 3.63) is 107 Å². The fraction of sp³-hybridized carbons (Fsp3) is 0.185. The fourth-order valence-electron chi connectivity index (χ4n) is 4.08. The smallest absolute Gasteiger partial charge is 0.338 e. The van der Waals surface area contributed by atoms with Crippen molar-refractivity contribution in [1.29, 1.82) is 0 Å². The van der Waals surface area contributed by atoms with Crippen LogP contribution in [0.15, 0.2) is 76.2 Å². The maximum absolute atomic E-state index is 13.7. The fourth-order valence-corrected chi connectivity index (χ4v) is 5.13. The van der Waals surface area contributed by atoms with E-state index in [2.05, 4.69) is 11.6 Å². The molecule has 1 aliphatic heterocycles. The predicted molar refractivity (Wildman–Crippen MR) is 142 cm³/mol. The third-order valence-electron chi connectivity index (χ3n) is 5.71. The second kappa shape index (κ2) is 11.3. The van der Waals surface area contributed by atoms with Crippen molar-refractivity contribution >= 4 is 35.0 Å². The van der Waals surface area contributed by atoms with E-state index < -0.39 is 28.5 Å². The monoisotopic (exact) mass is 549 g/mol. The molecule has 39 heavy (non-hydrogen) atoms. The molecule has 3 aromatic rings. The molecule has 1 unspecified atom stereocenters. The lowest BCUT2D eigenvalue weighted by molar-refractivity contribution is -0.384. The van der Waals surface area contributed by atoms with Gasteiger partial charge in [0.2, 0.25) is 0 Å². The molecule has 0 saturated carbocycles. The Morgan fingerprint density at radius 3 is 2.67 bits per heavy atom. The molecular weight excluding hydrogens is 526 g/mol. The van der Waals surface area contributed by atoms with Gasteiger partial charge in [-0.3, -0.25) is 24.3 Å². The van der Waals surface area contributed by atoms with Crippen LogP contribution in [-0.2, 0) is 14.3 Å². The summed E-state index contributed by atoms with van der Waals surface area (Å²) in [5, 5.41) is 11.2. The molecule has 2 heterocycles. The standard InChI is InChI=1S/C27H23N3O8S/c1-5-11-37-26(33)23-15(2)28-27-29(24(23)18-9-10-20(38-16(3)31)21(14-18)36-4)25(32)22(39-27)13-17-7-6-8-19(12-17)30(34)35/h5-10,12-14,24H,1,11H2,2-4H3/b22-13-. The number of thiazole rings is 1. The Hall–Kier alpha value is -4.84. The second-order valence-corrected chi connectivity index (χ2v) is 9.33. The van der Waals surface area contributed by atoms with E-state index in [-0.39, 0.29) is 33.9 Å². The van der Waals surface area contributed by atoms with Gasteiger partial charge in [0.25, 0.3) is 11.2 Å². The van der Waals surface area contributed by atoms with Gasteiger partial charge < -0.3 is 14.2 Å². The van der Waals surface area contributed by atoms with Crippen molar-refractivity contribution in [3.63, 3.8) is 0 Å². The first-order valence-electron chi connectivity index (χ1n) is 11.6. The summed E-state index contributed by atoms with van der Waals surface area (Å²) in [4.78, 5) is 53.9. The SMILES string of the molecule is C=CCOC(=O)C1=C(C)N=c2s/c(=C\c3cccc([N+](=O)[O-])c3)c(=O)n2C1c1ccc(OC(C)=O)c(OC)c1. The van der Waals surface area contributed by atoms with E-state index in [1.165, 1.54) is 55.0 Å². The second-order valence-electron chi connectivity index (χ2n) is 8.32. The van der Waals surface area contributed by atoms with E-state index in [1.54, 1.807) is 25.1 Å². The van der Waals surface area contributed by atoms with E-state index in [0.717, 1.165) is 11.3 Å². The van der Waals surface area contributed by atoms with Gasteiger partial charge in [-0.2, -0.15) is 0 Å². The first-order chi connectivity index (χ1) is 18.6. The number of carbonyl (C=O) groups is 2. The van der Waals surface area contributed by atoms with E-state index in [1.807, 2.05) is 0 Å². The number of carbonyl (C=O) groups excluding carboxylic acids is 2. The maximum Gasteiger partial charge on any atom is 0.338 e. The molecule has 12 heteroatoms. The lowest BCUT2D eigenvalue weighted by Gasteiger charge is -2.25.